The minimum Gasteiger partial charge on any atom is -0.466 e. The molecule has 0 aliphatic carbocycles. The van der Waals surface area contributed by atoms with Crippen molar-refractivity contribution in [3.8, 4) is 0 Å². The molecule has 0 spiro atoms. The molecule has 1 amide bonds. The van der Waals surface area contributed by atoms with Crippen molar-refractivity contribution in [2.45, 2.75) is 39.7 Å². The summed E-state index contributed by atoms with van der Waals surface area (Å²) in [4.78, 5) is 15.6. The number of carbonyl (C=O) groups is 1. The Morgan fingerprint density at radius 1 is 1.32 bits per heavy atom. The summed E-state index contributed by atoms with van der Waals surface area (Å²) < 4.78 is 5.48. The Morgan fingerprint density at radius 2 is 2.08 bits per heavy atom. The van der Waals surface area contributed by atoms with E-state index in [0.29, 0.717) is 11.3 Å². The third-order valence-electron chi connectivity index (χ3n) is 4.60. The molecule has 3 N–H and O–H groups in total. The highest BCUT2D eigenvalue weighted by Gasteiger charge is 2.28. The Kier molecular flexibility index (Phi) is 4.43. The summed E-state index contributed by atoms with van der Waals surface area (Å²) in [5, 5.41) is 14.6. The van der Waals surface area contributed by atoms with Crippen LogP contribution >= 0.6 is 0 Å². The predicted molar refractivity (Wildman–Crippen MR) is 97.5 cm³/mol. The zero-order chi connectivity index (χ0) is 18.2. The summed E-state index contributed by atoms with van der Waals surface area (Å²) >= 11 is 0. The summed E-state index contributed by atoms with van der Waals surface area (Å²) in [5.74, 6) is 1.29. The van der Waals surface area contributed by atoms with Gasteiger partial charge in [0.2, 0.25) is 5.91 Å². The van der Waals surface area contributed by atoms with Crippen molar-refractivity contribution in [2.24, 2.45) is 0 Å². The van der Waals surface area contributed by atoms with E-state index in [1.807, 2.05) is 51.2 Å². The minimum absolute atomic E-state index is 0.123. The van der Waals surface area contributed by atoms with Gasteiger partial charge in [0.25, 0.3) is 0 Å². The molecule has 0 aliphatic rings. The van der Waals surface area contributed by atoms with Gasteiger partial charge in [0.15, 0.2) is 0 Å². The molecule has 0 saturated heterocycles. The van der Waals surface area contributed by atoms with Crippen molar-refractivity contribution in [3.63, 3.8) is 0 Å². The number of fused-ring (bicyclic) bond motifs is 1. The molecule has 25 heavy (non-hydrogen) atoms. The van der Waals surface area contributed by atoms with Crippen molar-refractivity contribution < 1.29 is 14.3 Å². The summed E-state index contributed by atoms with van der Waals surface area (Å²) in [6, 6.07) is 7.83. The molecule has 3 aromatic rings. The molecule has 5 heteroatoms. The number of amides is 1. The largest absolute Gasteiger partial charge is 0.466 e. The molecular weight excluding hydrogens is 316 g/mol. The SMILES string of the molecule is Cc1cc(C(C)(O)CNC(=O)Cc2c[nH]c3cccc(C)c23)c(C)o1. The van der Waals surface area contributed by atoms with Gasteiger partial charge in [-0.15, -0.1) is 0 Å². The Labute approximate surface area is 147 Å². The van der Waals surface area contributed by atoms with Gasteiger partial charge >= 0.3 is 0 Å². The molecule has 1 unspecified atom stereocenters. The highest BCUT2D eigenvalue weighted by atomic mass is 16.3. The quantitative estimate of drug-likeness (QED) is 0.667. The standard InChI is InChI=1S/C20H24N2O3/c1-12-6-5-7-17-19(12)15(10-21-17)9-18(23)22-11-20(4,24)16-8-13(2)25-14(16)3/h5-8,10,21,24H,9,11H2,1-4H3,(H,22,23). The van der Waals surface area contributed by atoms with E-state index in [-0.39, 0.29) is 18.9 Å². The maximum atomic E-state index is 12.4. The smallest absolute Gasteiger partial charge is 0.224 e. The summed E-state index contributed by atoms with van der Waals surface area (Å²) in [7, 11) is 0. The molecule has 0 aliphatic heterocycles. The Balaban J connectivity index is 1.69. The van der Waals surface area contributed by atoms with Crippen molar-refractivity contribution in [1.29, 1.82) is 0 Å². The van der Waals surface area contributed by atoms with Gasteiger partial charge in [-0.2, -0.15) is 0 Å². The number of hydrogen-bond donors (Lipinski definition) is 3. The van der Waals surface area contributed by atoms with Gasteiger partial charge in [0.05, 0.1) is 13.0 Å². The first-order valence-corrected chi connectivity index (χ1v) is 8.40. The first-order valence-electron chi connectivity index (χ1n) is 8.40. The molecule has 1 aromatic carbocycles. The maximum absolute atomic E-state index is 12.4. The lowest BCUT2D eigenvalue weighted by Crippen LogP contribution is -2.39. The van der Waals surface area contributed by atoms with Gasteiger partial charge in [-0.25, -0.2) is 0 Å². The normalized spacial score (nSPS) is 13.8. The second-order valence-electron chi connectivity index (χ2n) is 6.87. The van der Waals surface area contributed by atoms with Crippen LogP contribution in [0.3, 0.4) is 0 Å². The van der Waals surface area contributed by atoms with E-state index < -0.39 is 5.60 Å². The topological polar surface area (TPSA) is 78.3 Å². The fraction of sp³-hybridized carbons (Fsp3) is 0.350. The van der Waals surface area contributed by atoms with Crippen LogP contribution in [0, 0.1) is 20.8 Å². The number of aromatic nitrogens is 1. The predicted octanol–water partition coefficient (Wildman–Crippen LogP) is 3.25. The first kappa shape index (κ1) is 17.3. The van der Waals surface area contributed by atoms with Crippen LogP contribution in [0.4, 0.5) is 0 Å². The number of benzene rings is 1. The van der Waals surface area contributed by atoms with Crippen LogP contribution in [0.15, 0.2) is 34.9 Å². The molecule has 3 rings (SSSR count). The first-order chi connectivity index (χ1) is 11.8. The fourth-order valence-electron chi connectivity index (χ4n) is 3.36. The minimum atomic E-state index is -1.17. The van der Waals surface area contributed by atoms with Gasteiger partial charge < -0.3 is 19.8 Å². The van der Waals surface area contributed by atoms with Gasteiger partial charge in [-0.1, -0.05) is 12.1 Å². The molecule has 0 fully saturated rings. The Hall–Kier alpha value is -2.53. The van der Waals surface area contributed by atoms with Gasteiger partial charge in [0.1, 0.15) is 17.1 Å². The highest BCUT2D eigenvalue weighted by molar-refractivity contribution is 5.91. The van der Waals surface area contributed by atoms with Crippen LogP contribution in [0.5, 0.6) is 0 Å². The molecule has 1 atom stereocenters. The van der Waals surface area contributed by atoms with Crippen LogP contribution in [-0.4, -0.2) is 22.5 Å². The Bertz CT molecular complexity index is 918. The third-order valence-corrected chi connectivity index (χ3v) is 4.60. The molecule has 2 heterocycles. The number of aryl methyl sites for hydroxylation is 3. The molecule has 132 valence electrons. The van der Waals surface area contributed by atoms with Crippen LogP contribution in [0.2, 0.25) is 0 Å². The van der Waals surface area contributed by atoms with E-state index in [2.05, 4.69) is 10.3 Å². The number of furan rings is 1. The second-order valence-corrected chi connectivity index (χ2v) is 6.87. The molecule has 0 saturated carbocycles. The molecule has 5 nitrogen and oxygen atoms in total. The summed E-state index contributed by atoms with van der Waals surface area (Å²) in [6.07, 6.45) is 2.14. The van der Waals surface area contributed by atoms with Crippen molar-refractivity contribution in [3.05, 3.63) is 58.7 Å². The zero-order valence-corrected chi connectivity index (χ0v) is 15.1. The third kappa shape index (κ3) is 3.46. The van der Waals surface area contributed by atoms with Gasteiger partial charge in [-0.05, 0) is 51.0 Å². The molecule has 2 aromatic heterocycles. The van der Waals surface area contributed by atoms with Crippen LogP contribution in [0.1, 0.15) is 35.1 Å². The molecule has 0 radical (unpaired) electrons. The average molecular weight is 340 g/mol. The lowest BCUT2D eigenvalue weighted by molar-refractivity contribution is -0.121. The maximum Gasteiger partial charge on any atom is 0.224 e. The molecular formula is C20H24N2O3. The average Bonchev–Trinajstić information content (AvgIpc) is 3.10. The number of nitrogens with one attached hydrogen (secondary N) is 2. The van der Waals surface area contributed by atoms with E-state index in [4.69, 9.17) is 4.42 Å². The summed E-state index contributed by atoms with van der Waals surface area (Å²) in [5.41, 5.74) is 2.65. The van der Waals surface area contributed by atoms with Crippen LogP contribution in [-0.2, 0) is 16.8 Å². The number of aliphatic hydroxyl groups is 1. The van der Waals surface area contributed by atoms with Crippen molar-refractivity contribution in [2.75, 3.05) is 6.54 Å². The lowest BCUT2D eigenvalue weighted by atomic mass is 9.96. The van der Waals surface area contributed by atoms with E-state index in [1.165, 1.54) is 0 Å². The van der Waals surface area contributed by atoms with E-state index in [1.54, 1.807) is 6.92 Å². The number of aromatic amines is 1. The monoisotopic (exact) mass is 340 g/mol. The van der Waals surface area contributed by atoms with E-state index >= 15 is 0 Å². The second kappa shape index (κ2) is 6.41. The van der Waals surface area contributed by atoms with Gasteiger partial charge in [0, 0.05) is 22.7 Å². The van der Waals surface area contributed by atoms with E-state index in [0.717, 1.165) is 27.8 Å². The fourth-order valence-corrected chi connectivity index (χ4v) is 3.36. The van der Waals surface area contributed by atoms with Gasteiger partial charge in [-0.3, -0.25) is 4.79 Å². The number of rotatable bonds is 5. The van der Waals surface area contributed by atoms with Crippen molar-refractivity contribution in [1.82, 2.24) is 10.3 Å². The zero-order valence-electron chi connectivity index (χ0n) is 15.1. The number of H-pyrrole nitrogens is 1. The van der Waals surface area contributed by atoms with Crippen LogP contribution in [0.25, 0.3) is 10.9 Å². The Morgan fingerprint density at radius 3 is 2.76 bits per heavy atom. The summed E-state index contributed by atoms with van der Waals surface area (Å²) in [6.45, 7) is 7.50. The van der Waals surface area contributed by atoms with E-state index in [9.17, 15) is 9.90 Å². The van der Waals surface area contributed by atoms with Crippen LogP contribution < -0.4 is 5.32 Å². The lowest BCUT2D eigenvalue weighted by Gasteiger charge is -2.23. The highest BCUT2D eigenvalue weighted by Crippen LogP contribution is 2.26. The van der Waals surface area contributed by atoms with Crippen molar-refractivity contribution >= 4 is 16.8 Å². The number of hydrogen-bond acceptors (Lipinski definition) is 3. The number of carbonyl (C=O) groups excluding carboxylic acids is 1. The molecule has 0 bridgehead atoms.